The van der Waals surface area contributed by atoms with Crippen molar-refractivity contribution in [3.8, 4) is 0 Å². The van der Waals surface area contributed by atoms with E-state index in [1.807, 2.05) is 6.08 Å². The van der Waals surface area contributed by atoms with E-state index in [1.165, 1.54) is 25.7 Å². The first-order valence-corrected chi connectivity index (χ1v) is 10.6. The van der Waals surface area contributed by atoms with Gasteiger partial charge in [-0.25, -0.2) is 0 Å². The van der Waals surface area contributed by atoms with Gasteiger partial charge in [-0.3, -0.25) is 0 Å². The minimum absolute atomic E-state index is 0.162. The van der Waals surface area contributed by atoms with Gasteiger partial charge in [-0.1, -0.05) is 72.6 Å². The normalized spacial score (nSPS) is 14.2. The Labute approximate surface area is 122 Å². The van der Waals surface area contributed by atoms with Gasteiger partial charge in [-0.2, -0.15) is 0 Å². The Kier molecular flexibility index (Phi) is 7.91. The van der Waals surface area contributed by atoms with E-state index in [0.29, 0.717) is 0 Å². The van der Waals surface area contributed by atoms with Gasteiger partial charge in [0.2, 0.25) is 0 Å². The Hall–Kier alpha value is -0.343. The van der Waals surface area contributed by atoms with Crippen LogP contribution >= 0.6 is 0 Å². The lowest BCUT2D eigenvalue weighted by atomic mass is 10.0. The molecule has 0 aliphatic rings. The van der Waals surface area contributed by atoms with Crippen molar-refractivity contribution in [2.45, 2.75) is 84.0 Å². The molecule has 0 saturated carbocycles. The van der Waals surface area contributed by atoms with Crippen LogP contribution in [0.1, 0.15) is 59.8 Å². The van der Waals surface area contributed by atoms with Crippen LogP contribution in [-0.2, 0) is 4.43 Å². The minimum atomic E-state index is -1.72. The van der Waals surface area contributed by atoms with E-state index in [1.54, 1.807) is 0 Å². The van der Waals surface area contributed by atoms with Gasteiger partial charge < -0.3 is 4.43 Å². The number of rotatable bonds is 9. The van der Waals surface area contributed by atoms with Crippen molar-refractivity contribution < 1.29 is 4.43 Å². The highest BCUT2D eigenvalue weighted by Crippen LogP contribution is 2.38. The molecule has 0 N–H and O–H groups in total. The topological polar surface area (TPSA) is 9.23 Å². The quantitative estimate of drug-likeness (QED) is 0.282. The van der Waals surface area contributed by atoms with E-state index in [9.17, 15) is 0 Å². The molecule has 0 fully saturated rings. The van der Waals surface area contributed by atoms with Crippen molar-refractivity contribution >= 4 is 8.32 Å². The number of hydrogen-bond donors (Lipinski definition) is 0. The third kappa shape index (κ3) is 6.58. The Morgan fingerprint density at radius 3 is 2.21 bits per heavy atom. The summed E-state index contributed by atoms with van der Waals surface area (Å²) in [4.78, 5) is 0. The van der Waals surface area contributed by atoms with Crippen molar-refractivity contribution in [3.63, 3.8) is 0 Å². The standard InChI is InChI=1S/C17H34OSi/c1-9-11-12-13-14-16(15(3)10-2)18-19(7,8)17(4,5)6/h10,16H,2-3,9,11-14H2,1,4-8H3. The highest BCUT2D eigenvalue weighted by molar-refractivity contribution is 6.74. The SMILES string of the molecule is C=CC(=C)C(CCCCCC)O[Si](C)(C)C(C)(C)C. The molecule has 0 aliphatic carbocycles. The van der Waals surface area contributed by atoms with Crippen LogP contribution < -0.4 is 0 Å². The Bertz CT molecular complexity index is 286. The van der Waals surface area contributed by atoms with Crippen LogP contribution in [0.3, 0.4) is 0 Å². The first-order chi connectivity index (χ1) is 8.65. The molecule has 0 aliphatic heterocycles. The summed E-state index contributed by atoms with van der Waals surface area (Å²) < 4.78 is 6.50. The molecular weight excluding hydrogens is 248 g/mol. The van der Waals surface area contributed by atoms with Crippen LogP contribution in [0.5, 0.6) is 0 Å². The number of unbranched alkanes of at least 4 members (excludes halogenated alkanes) is 3. The van der Waals surface area contributed by atoms with Crippen LogP contribution in [-0.4, -0.2) is 14.4 Å². The van der Waals surface area contributed by atoms with Crippen molar-refractivity contribution in [2.24, 2.45) is 0 Å². The van der Waals surface area contributed by atoms with Gasteiger partial charge in [-0.05, 0) is 30.1 Å². The summed E-state index contributed by atoms with van der Waals surface area (Å²) in [5.74, 6) is 0. The second kappa shape index (κ2) is 8.06. The van der Waals surface area contributed by atoms with E-state index in [2.05, 4.69) is 53.9 Å². The fourth-order valence-corrected chi connectivity index (χ4v) is 3.07. The average Bonchev–Trinajstić information content (AvgIpc) is 2.30. The molecule has 0 heterocycles. The lowest BCUT2D eigenvalue weighted by Crippen LogP contribution is -2.44. The van der Waals surface area contributed by atoms with Crippen molar-refractivity contribution in [1.29, 1.82) is 0 Å². The smallest absolute Gasteiger partial charge is 0.192 e. The minimum Gasteiger partial charge on any atom is -0.410 e. The first-order valence-electron chi connectivity index (χ1n) is 7.64. The van der Waals surface area contributed by atoms with Crippen LogP contribution in [0.15, 0.2) is 24.8 Å². The molecule has 0 aromatic heterocycles. The molecule has 2 heteroatoms. The van der Waals surface area contributed by atoms with Gasteiger partial charge in [0.25, 0.3) is 0 Å². The maximum absolute atomic E-state index is 6.50. The van der Waals surface area contributed by atoms with Gasteiger partial charge in [0.1, 0.15) is 0 Å². The molecule has 1 nitrogen and oxygen atoms in total. The molecule has 0 saturated heterocycles. The highest BCUT2D eigenvalue weighted by atomic mass is 28.4. The van der Waals surface area contributed by atoms with Crippen molar-refractivity contribution in [3.05, 3.63) is 24.8 Å². The molecule has 112 valence electrons. The Balaban J connectivity index is 4.60. The molecule has 1 unspecified atom stereocenters. The zero-order chi connectivity index (χ0) is 15.1. The Morgan fingerprint density at radius 1 is 1.21 bits per heavy atom. The summed E-state index contributed by atoms with van der Waals surface area (Å²) in [6, 6.07) is 0. The average molecular weight is 283 g/mol. The summed E-state index contributed by atoms with van der Waals surface area (Å²) >= 11 is 0. The van der Waals surface area contributed by atoms with Gasteiger partial charge in [-0.15, -0.1) is 0 Å². The second-order valence-corrected chi connectivity index (χ2v) is 11.8. The molecule has 0 radical (unpaired) electrons. The highest BCUT2D eigenvalue weighted by Gasteiger charge is 2.39. The van der Waals surface area contributed by atoms with E-state index in [4.69, 9.17) is 4.43 Å². The molecule has 0 rings (SSSR count). The Morgan fingerprint density at radius 2 is 1.79 bits per heavy atom. The van der Waals surface area contributed by atoms with Crippen LogP contribution in [0, 0.1) is 0 Å². The summed E-state index contributed by atoms with van der Waals surface area (Å²) in [6.07, 6.45) is 8.20. The van der Waals surface area contributed by atoms with Crippen molar-refractivity contribution in [1.82, 2.24) is 0 Å². The zero-order valence-corrected chi connectivity index (χ0v) is 15.0. The third-order valence-electron chi connectivity index (χ3n) is 4.24. The second-order valence-electron chi connectivity index (χ2n) is 7.00. The molecule has 0 aromatic carbocycles. The van der Waals surface area contributed by atoms with Gasteiger partial charge in [0, 0.05) is 0 Å². The zero-order valence-electron chi connectivity index (χ0n) is 14.0. The van der Waals surface area contributed by atoms with Crippen molar-refractivity contribution in [2.75, 3.05) is 0 Å². The summed E-state index contributed by atoms with van der Waals surface area (Å²) in [5, 5.41) is 0.246. The van der Waals surface area contributed by atoms with Crippen LogP contribution in [0.2, 0.25) is 18.1 Å². The maximum Gasteiger partial charge on any atom is 0.192 e. The van der Waals surface area contributed by atoms with E-state index >= 15 is 0 Å². The molecule has 0 bridgehead atoms. The van der Waals surface area contributed by atoms with Gasteiger partial charge in [0.15, 0.2) is 8.32 Å². The molecular formula is C17H34OSi. The summed E-state index contributed by atoms with van der Waals surface area (Å²) in [7, 11) is -1.72. The maximum atomic E-state index is 6.50. The monoisotopic (exact) mass is 282 g/mol. The predicted molar refractivity (Wildman–Crippen MR) is 90.2 cm³/mol. The fraction of sp³-hybridized carbons (Fsp3) is 0.765. The van der Waals surface area contributed by atoms with Gasteiger partial charge >= 0.3 is 0 Å². The summed E-state index contributed by atoms with van der Waals surface area (Å²) in [6.45, 7) is 21.7. The van der Waals surface area contributed by atoms with Gasteiger partial charge in [0.05, 0.1) is 6.10 Å². The van der Waals surface area contributed by atoms with E-state index in [0.717, 1.165) is 12.0 Å². The lowest BCUT2D eigenvalue weighted by Gasteiger charge is -2.39. The number of hydrogen-bond acceptors (Lipinski definition) is 1. The molecule has 0 spiro atoms. The largest absolute Gasteiger partial charge is 0.410 e. The summed E-state index contributed by atoms with van der Waals surface area (Å²) in [5.41, 5.74) is 1.04. The lowest BCUT2D eigenvalue weighted by molar-refractivity contribution is 0.203. The van der Waals surface area contributed by atoms with E-state index in [-0.39, 0.29) is 11.1 Å². The fourth-order valence-electron chi connectivity index (χ4n) is 1.74. The molecule has 19 heavy (non-hydrogen) atoms. The first kappa shape index (κ1) is 18.7. The van der Waals surface area contributed by atoms with Crippen LogP contribution in [0.4, 0.5) is 0 Å². The molecule has 0 amide bonds. The molecule has 0 aromatic rings. The molecule has 1 atom stereocenters. The van der Waals surface area contributed by atoms with E-state index < -0.39 is 8.32 Å². The predicted octanol–water partition coefficient (Wildman–Crippen LogP) is 6.09. The third-order valence-corrected chi connectivity index (χ3v) is 8.72. The van der Waals surface area contributed by atoms with Crippen LogP contribution in [0.25, 0.3) is 0 Å².